The third kappa shape index (κ3) is 6.47. The van der Waals surface area contributed by atoms with E-state index in [0.29, 0.717) is 24.0 Å². The number of hydrogen-bond acceptors (Lipinski definition) is 3. The molecule has 1 atom stereocenters. The summed E-state index contributed by atoms with van der Waals surface area (Å²) in [6.07, 6.45) is 0.949. The van der Waals surface area contributed by atoms with Gasteiger partial charge in [-0.1, -0.05) is 25.1 Å². The summed E-state index contributed by atoms with van der Waals surface area (Å²) in [5.74, 6) is 0.968. The highest BCUT2D eigenvalue weighted by Crippen LogP contribution is 2.21. The maximum Gasteiger partial charge on any atom is 0.191 e. The number of halogens is 1. The van der Waals surface area contributed by atoms with Gasteiger partial charge in [-0.25, -0.2) is 9.38 Å². The molecule has 3 N–H and O–H groups in total. The van der Waals surface area contributed by atoms with Gasteiger partial charge in [0.1, 0.15) is 5.75 Å². The van der Waals surface area contributed by atoms with Gasteiger partial charge < -0.3 is 20.5 Å². The van der Waals surface area contributed by atoms with Crippen molar-refractivity contribution < 1.29 is 14.2 Å². The van der Waals surface area contributed by atoms with Crippen LogP contribution in [0.5, 0.6) is 11.5 Å². The first-order chi connectivity index (χ1) is 13.0. The molecule has 0 radical (unpaired) electrons. The molecule has 0 saturated heterocycles. The Hall–Kier alpha value is -2.76. The second-order valence-corrected chi connectivity index (χ2v) is 6.37. The predicted molar refractivity (Wildman–Crippen MR) is 107 cm³/mol. The molecule has 146 valence electrons. The first kappa shape index (κ1) is 20.6. The van der Waals surface area contributed by atoms with Crippen molar-refractivity contribution in [2.75, 3.05) is 20.2 Å². The van der Waals surface area contributed by atoms with Gasteiger partial charge in [0.2, 0.25) is 0 Å². The molecule has 2 rings (SSSR count). The fourth-order valence-corrected chi connectivity index (χ4v) is 2.67. The van der Waals surface area contributed by atoms with Crippen molar-refractivity contribution in [2.45, 2.75) is 32.7 Å². The van der Waals surface area contributed by atoms with Crippen molar-refractivity contribution >= 4 is 5.96 Å². The van der Waals surface area contributed by atoms with Gasteiger partial charge in [0.05, 0.1) is 13.7 Å². The molecule has 0 aliphatic carbocycles. The Morgan fingerprint density at radius 2 is 1.93 bits per heavy atom. The maximum absolute atomic E-state index is 13.4. The Bertz CT molecular complexity index is 748. The Morgan fingerprint density at radius 1 is 1.19 bits per heavy atom. The van der Waals surface area contributed by atoms with E-state index >= 15 is 0 Å². The van der Waals surface area contributed by atoms with Crippen LogP contribution in [0.15, 0.2) is 47.5 Å². The lowest BCUT2D eigenvalue weighted by molar-refractivity contribution is 0.414. The zero-order valence-corrected chi connectivity index (χ0v) is 16.1. The summed E-state index contributed by atoms with van der Waals surface area (Å²) < 4.78 is 18.6. The van der Waals surface area contributed by atoms with Crippen LogP contribution >= 0.6 is 0 Å². The van der Waals surface area contributed by atoms with Gasteiger partial charge in [-0.05, 0) is 54.7 Å². The minimum atomic E-state index is -0.631. The number of nitrogens with one attached hydrogen (secondary N) is 2. The molecule has 0 amide bonds. The Balaban J connectivity index is 1.88. The number of ether oxygens (including phenoxy) is 1. The molecule has 2 aromatic rings. The summed E-state index contributed by atoms with van der Waals surface area (Å²) in [4.78, 5) is 4.48. The molecular formula is C21H28FN3O2. The Morgan fingerprint density at radius 3 is 2.56 bits per heavy atom. The molecule has 5 nitrogen and oxygen atoms in total. The summed E-state index contributed by atoms with van der Waals surface area (Å²) in [5, 5.41) is 15.8. The average molecular weight is 373 g/mol. The van der Waals surface area contributed by atoms with Crippen LogP contribution in [-0.4, -0.2) is 31.3 Å². The van der Waals surface area contributed by atoms with Gasteiger partial charge in [-0.2, -0.15) is 0 Å². The normalized spacial score (nSPS) is 12.5. The number of phenolic OH excluding ortho intramolecular Hbond substituents is 1. The Kier molecular flexibility index (Phi) is 7.92. The van der Waals surface area contributed by atoms with Crippen LogP contribution < -0.4 is 15.4 Å². The zero-order chi connectivity index (χ0) is 19.6. The minimum Gasteiger partial charge on any atom is -0.505 e. The van der Waals surface area contributed by atoms with Crippen LogP contribution in [0.1, 0.15) is 37.3 Å². The standard InChI is InChI=1S/C21H28FN3O2/c1-4-23-21(25-14-16-5-10-20(26)19(22)13-16)24-12-11-15(2)17-6-8-18(27-3)9-7-17/h5-10,13,15,26H,4,11-12,14H2,1-3H3,(H2,23,24,25). The number of rotatable bonds is 8. The van der Waals surface area contributed by atoms with Crippen LogP contribution in [-0.2, 0) is 6.54 Å². The smallest absolute Gasteiger partial charge is 0.191 e. The molecule has 2 aromatic carbocycles. The van der Waals surface area contributed by atoms with Crippen LogP contribution in [0.2, 0.25) is 0 Å². The third-order valence-electron chi connectivity index (χ3n) is 4.33. The van der Waals surface area contributed by atoms with E-state index in [0.717, 1.165) is 25.3 Å². The van der Waals surface area contributed by atoms with Crippen LogP contribution in [0.3, 0.4) is 0 Å². The van der Waals surface area contributed by atoms with E-state index in [1.165, 1.54) is 17.7 Å². The van der Waals surface area contributed by atoms with Crippen molar-refractivity contribution in [1.82, 2.24) is 10.6 Å². The van der Waals surface area contributed by atoms with Gasteiger partial charge in [-0.3, -0.25) is 0 Å². The zero-order valence-electron chi connectivity index (χ0n) is 16.1. The van der Waals surface area contributed by atoms with Gasteiger partial charge in [0.25, 0.3) is 0 Å². The maximum atomic E-state index is 13.4. The predicted octanol–water partition coefficient (Wildman–Crippen LogP) is 3.79. The quantitative estimate of drug-likeness (QED) is 0.487. The van der Waals surface area contributed by atoms with Gasteiger partial charge in [-0.15, -0.1) is 0 Å². The number of methoxy groups -OCH3 is 1. The van der Waals surface area contributed by atoms with E-state index in [2.05, 4.69) is 34.7 Å². The number of hydrogen-bond donors (Lipinski definition) is 3. The summed E-state index contributed by atoms with van der Waals surface area (Å²) in [6, 6.07) is 12.4. The number of phenols is 1. The fraction of sp³-hybridized carbons (Fsp3) is 0.381. The van der Waals surface area contributed by atoms with E-state index in [1.54, 1.807) is 13.2 Å². The molecule has 0 fully saturated rings. The van der Waals surface area contributed by atoms with Crippen molar-refractivity contribution in [3.05, 3.63) is 59.4 Å². The summed E-state index contributed by atoms with van der Waals surface area (Å²) in [6.45, 7) is 6.03. The van der Waals surface area contributed by atoms with E-state index < -0.39 is 5.82 Å². The number of aliphatic imine (C=N–C) groups is 1. The summed E-state index contributed by atoms with van der Waals surface area (Å²) >= 11 is 0. The van der Waals surface area contributed by atoms with Crippen LogP contribution in [0, 0.1) is 5.82 Å². The topological polar surface area (TPSA) is 65.9 Å². The SMILES string of the molecule is CCNC(=NCc1ccc(O)c(F)c1)NCCC(C)c1ccc(OC)cc1. The van der Waals surface area contributed by atoms with Gasteiger partial charge >= 0.3 is 0 Å². The number of nitrogens with zero attached hydrogens (tertiary/aromatic N) is 1. The summed E-state index contributed by atoms with van der Waals surface area (Å²) in [5.41, 5.74) is 1.97. The van der Waals surface area contributed by atoms with E-state index in [9.17, 15) is 9.50 Å². The second-order valence-electron chi connectivity index (χ2n) is 6.37. The van der Waals surface area contributed by atoms with Crippen LogP contribution in [0.4, 0.5) is 4.39 Å². The Labute approximate surface area is 160 Å². The first-order valence-electron chi connectivity index (χ1n) is 9.17. The van der Waals surface area contributed by atoms with E-state index in [1.807, 2.05) is 19.1 Å². The molecule has 27 heavy (non-hydrogen) atoms. The largest absolute Gasteiger partial charge is 0.505 e. The monoisotopic (exact) mass is 373 g/mol. The lowest BCUT2D eigenvalue weighted by atomic mass is 9.98. The molecule has 1 unspecified atom stereocenters. The van der Waals surface area contributed by atoms with Crippen molar-refractivity contribution in [3.63, 3.8) is 0 Å². The second kappa shape index (κ2) is 10.4. The van der Waals surface area contributed by atoms with Crippen molar-refractivity contribution in [1.29, 1.82) is 0 Å². The fourth-order valence-electron chi connectivity index (χ4n) is 2.67. The molecular weight excluding hydrogens is 345 g/mol. The molecule has 0 aliphatic heterocycles. The van der Waals surface area contributed by atoms with Crippen molar-refractivity contribution in [2.24, 2.45) is 4.99 Å². The third-order valence-corrected chi connectivity index (χ3v) is 4.33. The van der Waals surface area contributed by atoms with E-state index in [4.69, 9.17) is 4.74 Å². The molecule has 0 bridgehead atoms. The highest BCUT2D eigenvalue weighted by Gasteiger charge is 2.07. The van der Waals surface area contributed by atoms with Crippen molar-refractivity contribution in [3.8, 4) is 11.5 Å². The lowest BCUT2D eigenvalue weighted by Crippen LogP contribution is -2.38. The minimum absolute atomic E-state index is 0.334. The number of guanidine groups is 1. The number of aromatic hydroxyl groups is 1. The molecule has 0 saturated carbocycles. The molecule has 0 aliphatic rings. The summed E-state index contributed by atoms with van der Waals surface area (Å²) in [7, 11) is 1.66. The van der Waals surface area contributed by atoms with Crippen LogP contribution in [0.25, 0.3) is 0 Å². The number of benzene rings is 2. The highest BCUT2D eigenvalue weighted by atomic mass is 19.1. The van der Waals surface area contributed by atoms with E-state index in [-0.39, 0.29) is 5.75 Å². The average Bonchev–Trinajstić information content (AvgIpc) is 2.68. The lowest BCUT2D eigenvalue weighted by Gasteiger charge is -2.15. The first-order valence-corrected chi connectivity index (χ1v) is 9.17. The van der Waals surface area contributed by atoms with Gasteiger partial charge in [0.15, 0.2) is 17.5 Å². The molecule has 0 aromatic heterocycles. The highest BCUT2D eigenvalue weighted by molar-refractivity contribution is 5.79. The molecule has 0 heterocycles. The molecule has 0 spiro atoms. The van der Waals surface area contributed by atoms with Gasteiger partial charge in [0, 0.05) is 13.1 Å². The molecule has 6 heteroatoms.